The maximum atomic E-state index is 13.2. The molecule has 0 fully saturated rings. The fourth-order valence-corrected chi connectivity index (χ4v) is 2.43. The van der Waals surface area contributed by atoms with E-state index in [1.807, 2.05) is 0 Å². The Hall–Kier alpha value is -1.78. The summed E-state index contributed by atoms with van der Waals surface area (Å²) >= 11 is 11.9. The van der Waals surface area contributed by atoms with Crippen LogP contribution in [0.2, 0.25) is 10.0 Å². The molecular formula is C15H12Cl2FNO2. The minimum atomic E-state index is -0.840. The largest absolute Gasteiger partial charge is 0.467 e. The Bertz CT molecular complexity index is 644. The zero-order valence-electron chi connectivity index (χ0n) is 11.1. The Kier molecular flexibility index (Phi) is 5.04. The van der Waals surface area contributed by atoms with Gasteiger partial charge in [0, 0.05) is 15.7 Å². The Morgan fingerprint density at radius 1 is 1.19 bits per heavy atom. The molecule has 0 aliphatic rings. The first kappa shape index (κ1) is 15.6. The van der Waals surface area contributed by atoms with Crippen molar-refractivity contribution in [3.8, 4) is 0 Å². The number of ether oxygens (including phenoxy) is 1. The third-order valence-corrected chi connectivity index (χ3v) is 3.23. The second-order valence-corrected chi connectivity index (χ2v) is 5.19. The fourth-order valence-electron chi connectivity index (χ4n) is 1.88. The molecule has 6 heteroatoms. The number of rotatable bonds is 4. The van der Waals surface area contributed by atoms with Crippen LogP contribution in [0.1, 0.15) is 11.6 Å². The first-order valence-corrected chi connectivity index (χ1v) is 6.81. The van der Waals surface area contributed by atoms with Gasteiger partial charge >= 0.3 is 5.97 Å². The van der Waals surface area contributed by atoms with Crippen LogP contribution in [0.15, 0.2) is 42.5 Å². The molecule has 2 rings (SSSR count). The van der Waals surface area contributed by atoms with E-state index < -0.39 is 17.8 Å². The van der Waals surface area contributed by atoms with Crippen LogP contribution in [0.4, 0.5) is 10.1 Å². The molecule has 2 aromatic carbocycles. The van der Waals surface area contributed by atoms with Crippen LogP contribution in [-0.2, 0) is 9.53 Å². The zero-order valence-corrected chi connectivity index (χ0v) is 12.6. The van der Waals surface area contributed by atoms with Gasteiger partial charge in [0.25, 0.3) is 0 Å². The average molecular weight is 328 g/mol. The second-order valence-electron chi connectivity index (χ2n) is 4.31. The van der Waals surface area contributed by atoms with Crippen LogP contribution in [0.25, 0.3) is 0 Å². The summed E-state index contributed by atoms with van der Waals surface area (Å²) in [6.45, 7) is 0. The number of halogens is 3. The summed E-state index contributed by atoms with van der Waals surface area (Å²) in [4.78, 5) is 12.0. The van der Waals surface area contributed by atoms with Gasteiger partial charge in [0.15, 0.2) is 6.04 Å². The number of anilines is 1. The van der Waals surface area contributed by atoms with Crippen LogP contribution in [-0.4, -0.2) is 13.1 Å². The van der Waals surface area contributed by atoms with E-state index in [0.29, 0.717) is 21.3 Å². The van der Waals surface area contributed by atoms with Gasteiger partial charge in [0.05, 0.1) is 7.11 Å². The summed E-state index contributed by atoms with van der Waals surface area (Å²) in [5, 5.41) is 3.70. The highest BCUT2D eigenvalue weighted by Gasteiger charge is 2.22. The quantitative estimate of drug-likeness (QED) is 0.842. The first-order chi connectivity index (χ1) is 9.99. The predicted octanol–water partition coefficient (Wildman–Crippen LogP) is 4.46. The summed E-state index contributed by atoms with van der Waals surface area (Å²) in [5.74, 6) is -0.940. The van der Waals surface area contributed by atoms with Crippen molar-refractivity contribution in [2.24, 2.45) is 0 Å². The van der Waals surface area contributed by atoms with Gasteiger partial charge in [0.2, 0.25) is 0 Å². The predicted molar refractivity (Wildman–Crippen MR) is 81.2 cm³/mol. The van der Waals surface area contributed by atoms with E-state index >= 15 is 0 Å². The van der Waals surface area contributed by atoms with Crippen molar-refractivity contribution in [1.29, 1.82) is 0 Å². The average Bonchev–Trinajstić information content (AvgIpc) is 2.43. The van der Waals surface area contributed by atoms with E-state index in [0.717, 1.165) is 0 Å². The van der Waals surface area contributed by atoms with Gasteiger partial charge in [-0.2, -0.15) is 0 Å². The van der Waals surface area contributed by atoms with Crippen LogP contribution in [0.5, 0.6) is 0 Å². The summed E-state index contributed by atoms with van der Waals surface area (Å²) < 4.78 is 18.0. The molecule has 0 aromatic heterocycles. The van der Waals surface area contributed by atoms with E-state index in [9.17, 15) is 9.18 Å². The molecule has 0 saturated carbocycles. The van der Waals surface area contributed by atoms with Crippen molar-refractivity contribution in [2.45, 2.75) is 6.04 Å². The molecule has 0 saturated heterocycles. The topological polar surface area (TPSA) is 38.3 Å². The number of benzene rings is 2. The molecule has 2 aromatic rings. The third-order valence-electron chi connectivity index (χ3n) is 2.79. The lowest BCUT2D eigenvalue weighted by Gasteiger charge is -2.18. The van der Waals surface area contributed by atoms with Crippen LogP contribution in [0, 0.1) is 5.82 Å². The molecule has 0 bridgehead atoms. The van der Waals surface area contributed by atoms with Gasteiger partial charge in [0.1, 0.15) is 5.82 Å². The van der Waals surface area contributed by atoms with Gasteiger partial charge in [-0.05, 0) is 42.0 Å². The van der Waals surface area contributed by atoms with E-state index in [1.165, 1.54) is 25.3 Å². The number of esters is 1. The van der Waals surface area contributed by atoms with Crippen molar-refractivity contribution in [2.75, 3.05) is 12.4 Å². The van der Waals surface area contributed by atoms with Gasteiger partial charge in [-0.1, -0.05) is 29.3 Å². The monoisotopic (exact) mass is 327 g/mol. The molecule has 1 unspecified atom stereocenters. The van der Waals surface area contributed by atoms with Gasteiger partial charge in [-0.3, -0.25) is 0 Å². The summed E-state index contributed by atoms with van der Waals surface area (Å²) in [7, 11) is 1.27. The number of carbonyl (C=O) groups excluding carboxylic acids is 1. The highest BCUT2D eigenvalue weighted by molar-refractivity contribution is 6.34. The number of hydrogen-bond acceptors (Lipinski definition) is 3. The molecule has 1 atom stereocenters. The second kappa shape index (κ2) is 6.78. The van der Waals surface area contributed by atoms with Gasteiger partial charge in [-0.25, -0.2) is 9.18 Å². The lowest BCUT2D eigenvalue weighted by atomic mass is 10.1. The molecule has 0 spiro atoms. The van der Waals surface area contributed by atoms with E-state index in [2.05, 4.69) is 5.32 Å². The molecule has 0 amide bonds. The molecule has 110 valence electrons. The molecule has 1 N–H and O–H groups in total. The third kappa shape index (κ3) is 4.09. The molecule has 0 aliphatic heterocycles. The fraction of sp³-hybridized carbons (Fsp3) is 0.133. The first-order valence-electron chi connectivity index (χ1n) is 6.05. The Balaban J connectivity index is 2.36. The summed E-state index contributed by atoms with van der Waals surface area (Å²) in [5.41, 5.74) is 0.977. The summed E-state index contributed by atoms with van der Waals surface area (Å²) in [6, 6.07) is 9.69. The van der Waals surface area contributed by atoms with Gasteiger partial charge in [-0.15, -0.1) is 0 Å². The molecular weight excluding hydrogens is 316 g/mol. The normalized spacial score (nSPS) is 11.8. The maximum Gasteiger partial charge on any atom is 0.332 e. The van der Waals surface area contributed by atoms with Gasteiger partial charge < -0.3 is 10.1 Å². The number of carbonyl (C=O) groups is 1. The Morgan fingerprint density at radius 3 is 2.43 bits per heavy atom. The number of methoxy groups -OCH3 is 1. The van der Waals surface area contributed by atoms with Crippen molar-refractivity contribution >= 4 is 34.9 Å². The molecule has 0 radical (unpaired) electrons. The zero-order chi connectivity index (χ0) is 15.4. The Morgan fingerprint density at radius 2 is 1.86 bits per heavy atom. The lowest BCUT2D eigenvalue weighted by Crippen LogP contribution is -2.22. The lowest BCUT2D eigenvalue weighted by molar-refractivity contribution is -0.141. The standard InChI is InChI=1S/C15H12Cl2FNO2/c1-21-15(20)14(9-5-10(16)7-11(17)6-9)19-13-4-2-3-12(18)8-13/h2-8,14,19H,1H3. The van der Waals surface area contributed by atoms with Crippen LogP contribution in [0.3, 0.4) is 0 Å². The SMILES string of the molecule is COC(=O)C(Nc1cccc(F)c1)c1cc(Cl)cc(Cl)c1. The Labute approximate surface area is 131 Å². The summed E-state index contributed by atoms with van der Waals surface area (Å²) in [6.07, 6.45) is 0. The molecule has 0 heterocycles. The van der Waals surface area contributed by atoms with Crippen molar-refractivity contribution in [3.05, 3.63) is 63.9 Å². The van der Waals surface area contributed by atoms with E-state index in [-0.39, 0.29) is 0 Å². The minimum absolute atomic E-state index is 0.396. The maximum absolute atomic E-state index is 13.2. The molecule has 21 heavy (non-hydrogen) atoms. The van der Waals surface area contributed by atoms with E-state index in [1.54, 1.807) is 24.3 Å². The number of nitrogens with one attached hydrogen (secondary N) is 1. The molecule has 0 aliphatic carbocycles. The van der Waals surface area contributed by atoms with Crippen molar-refractivity contribution in [3.63, 3.8) is 0 Å². The van der Waals surface area contributed by atoms with Crippen molar-refractivity contribution in [1.82, 2.24) is 0 Å². The highest BCUT2D eigenvalue weighted by Crippen LogP contribution is 2.27. The minimum Gasteiger partial charge on any atom is -0.467 e. The van der Waals surface area contributed by atoms with E-state index in [4.69, 9.17) is 27.9 Å². The van der Waals surface area contributed by atoms with Crippen LogP contribution >= 0.6 is 23.2 Å². The highest BCUT2D eigenvalue weighted by atomic mass is 35.5. The van der Waals surface area contributed by atoms with Crippen molar-refractivity contribution < 1.29 is 13.9 Å². The smallest absolute Gasteiger partial charge is 0.332 e. The number of hydrogen-bond donors (Lipinski definition) is 1. The molecule has 3 nitrogen and oxygen atoms in total. The van der Waals surface area contributed by atoms with Crippen LogP contribution < -0.4 is 5.32 Å².